The molecule has 0 saturated heterocycles. The summed E-state index contributed by atoms with van der Waals surface area (Å²) in [5, 5.41) is 3.96. The Bertz CT molecular complexity index is 457. The van der Waals surface area contributed by atoms with Gasteiger partial charge in [0.05, 0.1) is 12.1 Å². The number of halogens is 1. The Hall–Kier alpha value is -1.08. The average Bonchev–Trinajstić information content (AvgIpc) is 3.11. The Morgan fingerprint density at radius 2 is 2.41 bits per heavy atom. The number of hydrogen-bond acceptors (Lipinski definition) is 3. The van der Waals surface area contributed by atoms with E-state index in [1.54, 1.807) is 6.20 Å². The van der Waals surface area contributed by atoms with Gasteiger partial charge in [0.2, 0.25) is 0 Å². The maximum absolute atomic E-state index is 5.98. The molecule has 1 aliphatic rings. The maximum atomic E-state index is 5.98. The molecule has 3 nitrogen and oxygen atoms in total. The van der Waals surface area contributed by atoms with Crippen LogP contribution >= 0.6 is 11.6 Å². The molecule has 17 heavy (non-hydrogen) atoms. The Balaban J connectivity index is 2.16. The first kappa shape index (κ1) is 12.4. The van der Waals surface area contributed by atoms with Crippen molar-refractivity contribution in [2.45, 2.75) is 31.8 Å². The number of hydrogen-bond donors (Lipinski definition) is 2. The molecule has 1 fully saturated rings. The van der Waals surface area contributed by atoms with Gasteiger partial charge in [-0.05, 0) is 31.4 Å². The van der Waals surface area contributed by atoms with E-state index in [0.29, 0.717) is 17.7 Å². The van der Waals surface area contributed by atoms with Gasteiger partial charge in [-0.1, -0.05) is 23.4 Å². The SMILES string of the molecule is CC(NC1CC1)c1cnc(Cl)c(C#CCN)c1. The van der Waals surface area contributed by atoms with Crippen molar-refractivity contribution in [1.29, 1.82) is 0 Å². The van der Waals surface area contributed by atoms with Crippen LogP contribution in [-0.4, -0.2) is 17.6 Å². The number of rotatable bonds is 3. The zero-order chi connectivity index (χ0) is 12.3. The largest absolute Gasteiger partial charge is 0.320 e. The van der Waals surface area contributed by atoms with Crippen molar-refractivity contribution in [2.75, 3.05) is 6.54 Å². The molecule has 0 spiro atoms. The quantitative estimate of drug-likeness (QED) is 0.635. The monoisotopic (exact) mass is 249 g/mol. The van der Waals surface area contributed by atoms with Gasteiger partial charge in [-0.25, -0.2) is 4.98 Å². The van der Waals surface area contributed by atoms with Crippen molar-refractivity contribution < 1.29 is 0 Å². The van der Waals surface area contributed by atoms with E-state index in [-0.39, 0.29) is 6.04 Å². The van der Waals surface area contributed by atoms with Crippen LogP contribution in [-0.2, 0) is 0 Å². The fourth-order valence-corrected chi connectivity index (χ4v) is 1.79. The molecule has 1 heterocycles. The highest BCUT2D eigenvalue weighted by atomic mass is 35.5. The number of aromatic nitrogens is 1. The molecule has 3 N–H and O–H groups in total. The maximum Gasteiger partial charge on any atom is 0.144 e. The van der Waals surface area contributed by atoms with Gasteiger partial charge in [-0.2, -0.15) is 0 Å². The van der Waals surface area contributed by atoms with Gasteiger partial charge in [-0.3, -0.25) is 0 Å². The molecule has 90 valence electrons. The van der Waals surface area contributed by atoms with E-state index in [0.717, 1.165) is 11.1 Å². The molecule has 0 aliphatic heterocycles. The van der Waals surface area contributed by atoms with Crippen LogP contribution in [0.15, 0.2) is 12.3 Å². The van der Waals surface area contributed by atoms with Gasteiger partial charge in [0.1, 0.15) is 5.15 Å². The van der Waals surface area contributed by atoms with E-state index >= 15 is 0 Å². The van der Waals surface area contributed by atoms with Crippen molar-refractivity contribution in [3.63, 3.8) is 0 Å². The first-order valence-corrected chi connectivity index (χ1v) is 6.19. The highest BCUT2D eigenvalue weighted by Crippen LogP contribution is 2.25. The second kappa shape index (κ2) is 5.50. The van der Waals surface area contributed by atoms with Gasteiger partial charge < -0.3 is 11.1 Å². The first-order chi connectivity index (χ1) is 8.20. The minimum atomic E-state index is 0.283. The summed E-state index contributed by atoms with van der Waals surface area (Å²) in [4.78, 5) is 4.16. The summed E-state index contributed by atoms with van der Waals surface area (Å²) in [6.45, 7) is 2.46. The van der Waals surface area contributed by atoms with Crippen molar-refractivity contribution >= 4 is 11.6 Å². The number of nitrogens with one attached hydrogen (secondary N) is 1. The molecule has 4 heteroatoms. The van der Waals surface area contributed by atoms with E-state index in [1.165, 1.54) is 12.8 Å². The highest BCUT2D eigenvalue weighted by molar-refractivity contribution is 6.30. The van der Waals surface area contributed by atoms with Gasteiger partial charge in [0, 0.05) is 18.3 Å². The van der Waals surface area contributed by atoms with Crippen LogP contribution in [0.5, 0.6) is 0 Å². The third kappa shape index (κ3) is 3.44. The standard InChI is InChI=1S/C13H16ClN3/c1-9(17-12-4-5-12)11-7-10(3-2-6-15)13(14)16-8-11/h7-9,12,17H,4-6,15H2,1H3. The molecule has 1 saturated carbocycles. The fourth-order valence-electron chi connectivity index (χ4n) is 1.63. The van der Waals surface area contributed by atoms with E-state index in [1.807, 2.05) is 6.07 Å². The Labute approximate surface area is 107 Å². The minimum Gasteiger partial charge on any atom is -0.320 e. The van der Waals surface area contributed by atoms with Crippen molar-refractivity contribution in [1.82, 2.24) is 10.3 Å². The lowest BCUT2D eigenvalue weighted by Gasteiger charge is -2.13. The third-order valence-electron chi connectivity index (χ3n) is 2.75. The van der Waals surface area contributed by atoms with Crippen LogP contribution in [0.3, 0.4) is 0 Å². The van der Waals surface area contributed by atoms with E-state index in [2.05, 4.69) is 29.1 Å². The number of nitrogens with zero attached hydrogens (tertiary/aromatic N) is 1. The van der Waals surface area contributed by atoms with Gasteiger partial charge >= 0.3 is 0 Å². The molecular formula is C13H16ClN3. The molecule has 0 radical (unpaired) electrons. The lowest BCUT2D eigenvalue weighted by atomic mass is 10.1. The minimum absolute atomic E-state index is 0.283. The molecular weight excluding hydrogens is 234 g/mol. The zero-order valence-corrected chi connectivity index (χ0v) is 10.6. The van der Waals surface area contributed by atoms with Gasteiger partial charge in [-0.15, -0.1) is 0 Å². The Morgan fingerprint density at radius 1 is 1.65 bits per heavy atom. The zero-order valence-electron chi connectivity index (χ0n) is 9.83. The summed E-state index contributed by atoms with van der Waals surface area (Å²) in [7, 11) is 0. The van der Waals surface area contributed by atoms with Crippen LogP contribution < -0.4 is 11.1 Å². The molecule has 1 aromatic rings. The van der Waals surface area contributed by atoms with E-state index < -0.39 is 0 Å². The summed E-state index contributed by atoms with van der Waals surface area (Å²) in [6.07, 6.45) is 4.34. The summed E-state index contributed by atoms with van der Waals surface area (Å²) in [5.41, 5.74) is 7.21. The Kier molecular flexibility index (Phi) is 4.01. The first-order valence-electron chi connectivity index (χ1n) is 5.81. The molecule has 1 aliphatic carbocycles. The molecule has 0 aromatic carbocycles. The number of pyridine rings is 1. The van der Waals surface area contributed by atoms with Crippen molar-refractivity contribution in [3.05, 3.63) is 28.5 Å². The van der Waals surface area contributed by atoms with Crippen LogP contribution in [0.1, 0.15) is 36.9 Å². The summed E-state index contributed by atoms with van der Waals surface area (Å²) < 4.78 is 0. The molecule has 1 atom stereocenters. The van der Waals surface area contributed by atoms with E-state index in [4.69, 9.17) is 17.3 Å². The summed E-state index contributed by atoms with van der Waals surface area (Å²) in [5.74, 6) is 5.74. The normalized spacial score (nSPS) is 16.2. The molecule has 2 rings (SSSR count). The Morgan fingerprint density at radius 3 is 3.06 bits per heavy atom. The lowest BCUT2D eigenvalue weighted by Crippen LogP contribution is -2.20. The lowest BCUT2D eigenvalue weighted by molar-refractivity contribution is 0.569. The number of nitrogens with two attached hydrogens (primary N) is 1. The van der Waals surface area contributed by atoms with Crippen LogP contribution in [0, 0.1) is 11.8 Å². The van der Waals surface area contributed by atoms with Crippen LogP contribution in [0.25, 0.3) is 0 Å². The predicted octanol–water partition coefficient (Wildman–Crippen LogP) is 1.86. The summed E-state index contributed by atoms with van der Waals surface area (Å²) in [6, 6.07) is 2.93. The second-order valence-corrected chi connectivity index (χ2v) is 4.63. The van der Waals surface area contributed by atoms with Gasteiger partial charge in [0.25, 0.3) is 0 Å². The van der Waals surface area contributed by atoms with E-state index in [9.17, 15) is 0 Å². The van der Waals surface area contributed by atoms with Gasteiger partial charge in [0.15, 0.2) is 0 Å². The fraction of sp³-hybridized carbons (Fsp3) is 0.462. The smallest absolute Gasteiger partial charge is 0.144 e. The van der Waals surface area contributed by atoms with Crippen molar-refractivity contribution in [2.24, 2.45) is 5.73 Å². The molecule has 1 aromatic heterocycles. The second-order valence-electron chi connectivity index (χ2n) is 4.28. The predicted molar refractivity (Wildman–Crippen MR) is 69.8 cm³/mol. The summed E-state index contributed by atoms with van der Waals surface area (Å²) >= 11 is 5.98. The molecule has 0 bridgehead atoms. The molecule has 1 unspecified atom stereocenters. The highest BCUT2D eigenvalue weighted by Gasteiger charge is 2.23. The van der Waals surface area contributed by atoms with Crippen molar-refractivity contribution in [3.8, 4) is 11.8 Å². The van der Waals surface area contributed by atoms with Crippen LogP contribution in [0.4, 0.5) is 0 Å². The average molecular weight is 250 g/mol. The van der Waals surface area contributed by atoms with Crippen LogP contribution in [0.2, 0.25) is 5.15 Å². The third-order valence-corrected chi connectivity index (χ3v) is 3.05. The topological polar surface area (TPSA) is 50.9 Å². The molecule has 0 amide bonds.